The Balaban J connectivity index is 1.22. The van der Waals surface area contributed by atoms with Crippen molar-refractivity contribution in [1.82, 2.24) is 10.2 Å². The number of nitrogens with one attached hydrogen (secondary N) is 1. The number of anilines is 1. The number of para-hydroxylation sites is 1. The van der Waals surface area contributed by atoms with Crippen LogP contribution in [0.2, 0.25) is 0 Å². The van der Waals surface area contributed by atoms with E-state index in [1.807, 2.05) is 18.0 Å². The van der Waals surface area contributed by atoms with Crippen LogP contribution in [0.1, 0.15) is 50.5 Å². The van der Waals surface area contributed by atoms with Gasteiger partial charge in [0, 0.05) is 45.3 Å². The fraction of sp³-hybridized carbons (Fsp3) is 0.636. The van der Waals surface area contributed by atoms with Crippen molar-refractivity contribution in [3.8, 4) is 0 Å². The van der Waals surface area contributed by atoms with Crippen LogP contribution in [0.4, 0.5) is 5.69 Å². The fourth-order valence-electron chi connectivity index (χ4n) is 5.15. The Kier molecular flexibility index (Phi) is 5.37. The van der Waals surface area contributed by atoms with Crippen LogP contribution in [-0.2, 0) is 11.2 Å². The van der Waals surface area contributed by atoms with Crippen LogP contribution in [0, 0.1) is 5.41 Å². The molecule has 2 fully saturated rings. The first-order valence-electron chi connectivity index (χ1n) is 10.5. The molecule has 0 radical (unpaired) electrons. The van der Waals surface area contributed by atoms with E-state index in [4.69, 9.17) is 0 Å². The summed E-state index contributed by atoms with van der Waals surface area (Å²) in [5.41, 5.74) is 2.95. The molecule has 27 heavy (non-hydrogen) atoms. The number of fused-ring (bicyclic) bond motifs is 1. The molecule has 0 bridgehead atoms. The van der Waals surface area contributed by atoms with Gasteiger partial charge in [-0.1, -0.05) is 31.0 Å². The third kappa shape index (κ3) is 3.83. The molecule has 4 rings (SSSR count). The Morgan fingerprint density at radius 2 is 2.00 bits per heavy atom. The monoisotopic (exact) mass is 368 g/mol. The number of likely N-dealkylation sites (tertiary alicyclic amines) is 1. The second-order valence-electron chi connectivity index (χ2n) is 8.38. The van der Waals surface area contributed by atoms with Gasteiger partial charge in [-0.3, -0.25) is 9.79 Å². The zero-order valence-corrected chi connectivity index (χ0v) is 16.5. The zero-order chi connectivity index (χ0) is 18.7. The highest BCUT2D eigenvalue weighted by molar-refractivity contribution is 5.95. The molecule has 1 N–H and O–H groups in total. The van der Waals surface area contributed by atoms with Gasteiger partial charge in [-0.25, -0.2) is 0 Å². The van der Waals surface area contributed by atoms with Crippen molar-refractivity contribution in [2.75, 3.05) is 38.1 Å². The average Bonchev–Trinajstić information content (AvgIpc) is 3.42. The van der Waals surface area contributed by atoms with Crippen LogP contribution in [0.3, 0.4) is 0 Å². The second-order valence-corrected chi connectivity index (χ2v) is 8.38. The van der Waals surface area contributed by atoms with Crippen LogP contribution >= 0.6 is 0 Å². The van der Waals surface area contributed by atoms with Crippen molar-refractivity contribution in [3.63, 3.8) is 0 Å². The highest BCUT2D eigenvalue weighted by Crippen LogP contribution is 2.45. The maximum atomic E-state index is 12.6. The molecule has 2 heterocycles. The van der Waals surface area contributed by atoms with Gasteiger partial charge in [-0.15, -0.1) is 0 Å². The molecular formula is C22H32N4O. The molecule has 1 aromatic rings. The molecule has 1 saturated carbocycles. The topological polar surface area (TPSA) is 47.9 Å². The van der Waals surface area contributed by atoms with E-state index in [1.54, 1.807) is 0 Å². The summed E-state index contributed by atoms with van der Waals surface area (Å²) in [6, 6.07) is 8.26. The molecule has 1 aromatic carbocycles. The van der Waals surface area contributed by atoms with Gasteiger partial charge in [-0.05, 0) is 49.1 Å². The summed E-state index contributed by atoms with van der Waals surface area (Å²) < 4.78 is 0. The summed E-state index contributed by atoms with van der Waals surface area (Å²) >= 11 is 0. The maximum Gasteiger partial charge on any atom is 0.227 e. The molecule has 3 aliphatic rings. The Bertz CT molecular complexity index is 708. The van der Waals surface area contributed by atoms with Crippen LogP contribution in [-0.4, -0.2) is 50.0 Å². The van der Waals surface area contributed by atoms with E-state index in [0.717, 1.165) is 50.7 Å². The highest BCUT2D eigenvalue weighted by Gasteiger charge is 2.41. The zero-order valence-electron chi connectivity index (χ0n) is 16.5. The van der Waals surface area contributed by atoms with Crippen molar-refractivity contribution in [2.24, 2.45) is 10.4 Å². The van der Waals surface area contributed by atoms with Gasteiger partial charge < -0.3 is 15.1 Å². The van der Waals surface area contributed by atoms with E-state index in [-0.39, 0.29) is 5.91 Å². The molecule has 5 heteroatoms. The van der Waals surface area contributed by atoms with Gasteiger partial charge in [0.05, 0.1) is 0 Å². The first-order valence-corrected chi connectivity index (χ1v) is 10.5. The van der Waals surface area contributed by atoms with Crippen LogP contribution < -0.4 is 10.2 Å². The van der Waals surface area contributed by atoms with Crippen LogP contribution in [0.5, 0.6) is 0 Å². The number of carbonyl (C=O) groups is 1. The largest absolute Gasteiger partial charge is 0.356 e. The second kappa shape index (κ2) is 7.91. The molecule has 5 nitrogen and oxygen atoms in total. The van der Waals surface area contributed by atoms with Gasteiger partial charge >= 0.3 is 0 Å². The number of benzene rings is 1. The van der Waals surface area contributed by atoms with Gasteiger partial charge in [0.25, 0.3) is 0 Å². The number of amides is 1. The summed E-state index contributed by atoms with van der Waals surface area (Å²) in [4.78, 5) is 21.5. The molecule has 1 aliphatic carbocycles. The fourth-order valence-corrected chi connectivity index (χ4v) is 5.15. The molecule has 146 valence electrons. The van der Waals surface area contributed by atoms with Gasteiger partial charge in [-0.2, -0.15) is 0 Å². The predicted molar refractivity (Wildman–Crippen MR) is 110 cm³/mol. The molecule has 1 spiro atoms. The number of aliphatic imine (C=N–C) groups is 1. The lowest BCUT2D eigenvalue weighted by atomic mass is 9.86. The first kappa shape index (κ1) is 18.3. The lowest BCUT2D eigenvalue weighted by Gasteiger charge is -2.26. The number of guanidine groups is 1. The lowest BCUT2D eigenvalue weighted by molar-refractivity contribution is -0.118. The highest BCUT2D eigenvalue weighted by atomic mass is 16.2. The third-order valence-electron chi connectivity index (χ3n) is 6.65. The third-order valence-corrected chi connectivity index (χ3v) is 6.65. The van der Waals surface area contributed by atoms with E-state index in [0.29, 0.717) is 11.8 Å². The number of nitrogens with zero attached hydrogens (tertiary/aromatic N) is 3. The summed E-state index contributed by atoms with van der Waals surface area (Å²) in [5.74, 6) is 1.25. The first-order chi connectivity index (χ1) is 13.2. The summed E-state index contributed by atoms with van der Waals surface area (Å²) in [6.45, 7) is 3.89. The van der Waals surface area contributed by atoms with Crippen molar-refractivity contribution in [2.45, 2.75) is 51.4 Å². The minimum absolute atomic E-state index is 0.239. The predicted octanol–water partition coefficient (Wildman–Crippen LogP) is 3.20. The standard InChI is InChI=1S/C22H32N4O/c1-23-21(25-16-13-22(17-25)11-4-5-12-22)24-14-6-9-20(27)26-15-10-18-7-2-3-8-19(18)26/h2-3,7-8H,4-6,9-17H2,1H3,(H,23,24). The SMILES string of the molecule is CN=C(NCCCC(=O)N1CCc2ccccc21)N1CCC2(CCCC2)C1. The van der Waals surface area contributed by atoms with Crippen molar-refractivity contribution in [3.05, 3.63) is 29.8 Å². The molecule has 1 saturated heterocycles. The van der Waals surface area contributed by atoms with Crippen LogP contribution in [0.15, 0.2) is 29.3 Å². The normalized spacial score (nSPS) is 21.1. The molecular weight excluding hydrogens is 336 g/mol. The van der Waals surface area contributed by atoms with E-state index in [1.165, 1.54) is 37.7 Å². The summed E-state index contributed by atoms with van der Waals surface area (Å²) in [5, 5.41) is 3.49. The lowest BCUT2D eigenvalue weighted by Crippen LogP contribution is -2.41. The maximum absolute atomic E-state index is 12.6. The number of hydrogen-bond donors (Lipinski definition) is 1. The van der Waals surface area contributed by atoms with Crippen molar-refractivity contribution >= 4 is 17.6 Å². The number of carbonyl (C=O) groups excluding carboxylic acids is 1. The van der Waals surface area contributed by atoms with E-state index >= 15 is 0 Å². The van der Waals surface area contributed by atoms with E-state index in [2.05, 4.69) is 33.4 Å². The molecule has 0 unspecified atom stereocenters. The number of hydrogen-bond acceptors (Lipinski definition) is 2. The molecule has 1 amide bonds. The number of rotatable bonds is 4. The molecule has 2 aliphatic heterocycles. The van der Waals surface area contributed by atoms with E-state index < -0.39 is 0 Å². The van der Waals surface area contributed by atoms with Crippen LogP contribution in [0.25, 0.3) is 0 Å². The molecule has 0 atom stereocenters. The van der Waals surface area contributed by atoms with Crippen molar-refractivity contribution < 1.29 is 4.79 Å². The Morgan fingerprint density at radius 1 is 1.19 bits per heavy atom. The Hall–Kier alpha value is -2.04. The Labute approximate surface area is 162 Å². The van der Waals surface area contributed by atoms with E-state index in [9.17, 15) is 4.79 Å². The summed E-state index contributed by atoms with van der Waals surface area (Å²) in [7, 11) is 1.87. The smallest absolute Gasteiger partial charge is 0.227 e. The minimum Gasteiger partial charge on any atom is -0.356 e. The minimum atomic E-state index is 0.239. The average molecular weight is 369 g/mol. The van der Waals surface area contributed by atoms with Gasteiger partial charge in [0.2, 0.25) is 5.91 Å². The van der Waals surface area contributed by atoms with Gasteiger partial charge in [0.15, 0.2) is 5.96 Å². The quantitative estimate of drug-likeness (QED) is 0.504. The molecule has 0 aromatic heterocycles. The van der Waals surface area contributed by atoms with Gasteiger partial charge in [0.1, 0.15) is 0 Å². The summed E-state index contributed by atoms with van der Waals surface area (Å²) in [6.07, 6.45) is 9.25. The van der Waals surface area contributed by atoms with Crippen molar-refractivity contribution in [1.29, 1.82) is 0 Å². The Morgan fingerprint density at radius 3 is 2.81 bits per heavy atom.